The van der Waals surface area contributed by atoms with Gasteiger partial charge in [0.1, 0.15) is 6.04 Å². The van der Waals surface area contributed by atoms with Gasteiger partial charge in [-0.15, -0.1) is 0 Å². The number of carbonyl (C=O) groups is 1. The zero-order chi connectivity index (χ0) is 12.7. The molecular weight excluding hydrogens is 216 g/mol. The molecule has 1 aliphatic carbocycles. The molecule has 1 fully saturated rings. The van der Waals surface area contributed by atoms with Crippen LogP contribution in [0.5, 0.6) is 0 Å². The van der Waals surface area contributed by atoms with E-state index in [2.05, 4.69) is 17.3 Å². The van der Waals surface area contributed by atoms with Crippen LogP contribution in [0.15, 0.2) is 0 Å². The normalized spacial score (nSPS) is 18.6. The molecule has 1 rings (SSSR count). The first kappa shape index (κ1) is 14.5. The van der Waals surface area contributed by atoms with E-state index in [9.17, 15) is 4.79 Å². The van der Waals surface area contributed by atoms with Crippen LogP contribution >= 0.6 is 0 Å². The Balaban J connectivity index is 2.43. The topological polar surface area (TPSA) is 41.6 Å². The highest BCUT2D eigenvalue weighted by atomic mass is 16.5. The van der Waals surface area contributed by atoms with Gasteiger partial charge in [0.2, 0.25) is 0 Å². The van der Waals surface area contributed by atoms with Crippen molar-refractivity contribution in [3.63, 3.8) is 0 Å². The third-order valence-electron chi connectivity index (χ3n) is 3.44. The predicted octanol–water partition coefficient (Wildman–Crippen LogP) is 1.40. The third-order valence-corrected chi connectivity index (χ3v) is 3.44. The Labute approximate surface area is 105 Å². The maximum Gasteiger partial charge on any atom is 0.324 e. The van der Waals surface area contributed by atoms with E-state index < -0.39 is 0 Å². The van der Waals surface area contributed by atoms with Gasteiger partial charge in [-0.05, 0) is 33.4 Å². The molecule has 0 aromatic carbocycles. The smallest absolute Gasteiger partial charge is 0.324 e. The van der Waals surface area contributed by atoms with Crippen LogP contribution in [0.4, 0.5) is 0 Å². The molecule has 4 heteroatoms. The first-order chi connectivity index (χ1) is 8.19. The summed E-state index contributed by atoms with van der Waals surface area (Å²) in [6.45, 7) is 5.86. The van der Waals surface area contributed by atoms with E-state index in [1.807, 2.05) is 13.8 Å². The van der Waals surface area contributed by atoms with Gasteiger partial charge in [-0.3, -0.25) is 4.79 Å². The highest BCUT2D eigenvalue weighted by Crippen LogP contribution is 2.22. The Morgan fingerprint density at radius 2 is 2.06 bits per heavy atom. The summed E-state index contributed by atoms with van der Waals surface area (Å²) in [6, 6.07) is 0.455. The Hall–Kier alpha value is -0.610. The van der Waals surface area contributed by atoms with Crippen molar-refractivity contribution in [2.45, 2.75) is 51.6 Å². The molecule has 0 radical (unpaired) electrons. The summed E-state index contributed by atoms with van der Waals surface area (Å²) in [6.07, 6.45) is 5.16. The average Bonchev–Trinajstić information content (AvgIpc) is 2.82. The fourth-order valence-corrected chi connectivity index (χ4v) is 2.49. The van der Waals surface area contributed by atoms with Crippen LogP contribution in [0, 0.1) is 0 Å². The molecular formula is C13H26N2O2. The number of nitrogens with one attached hydrogen (secondary N) is 1. The lowest BCUT2D eigenvalue weighted by atomic mass is 10.2. The van der Waals surface area contributed by atoms with Crippen molar-refractivity contribution in [1.82, 2.24) is 10.2 Å². The van der Waals surface area contributed by atoms with Gasteiger partial charge in [0.25, 0.3) is 0 Å². The Morgan fingerprint density at radius 1 is 1.41 bits per heavy atom. The molecule has 0 heterocycles. The molecule has 4 nitrogen and oxygen atoms in total. The minimum atomic E-state index is -0.189. The molecule has 17 heavy (non-hydrogen) atoms. The van der Waals surface area contributed by atoms with Gasteiger partial charge in [0.05, 0.1) is 6.61 Å². The highest BCUT2D eigenvalue weighted by molar-refractivity contribution is 5.76. The standard InChI is InChI=1S/C13H26N2O2/c1-4-14-12(13(16)17-5-2)10-15(3)11-8-6-7-9-11/h11-12,14H,4-10H2,1-3H3. The summed E-state index contributed by atoms with van der Waals surface area (Å²) >= 11 is 0. The molecule has 100 valence electrons. The second-order valence-electron chi connectivity index (χ2n) is 4.74. The number of hydrogen-bond acceptors (Lipinski definition) is 4. The van der Waals surface area contributed by atoms with E-state index in [-0.39, 0.29) is 12.0 Å². The van der Waals surface area contributed by atoms with E-state index >= 15 is 0 Å². The third kappa shape index (κ3) is 4.64. The number of rotatable bonds is 7. The van der Waals surface area contributed by atoms with Crippen molar-refractivity contribution in [2.24, 2.45) is 0 Å². The van der Waals surface area contributed by atoms with Crippen LogP contribution in [-0.2, 0) is 9.53 Å². The number of carbonyl (C=O) groups excluding carboxylic acids is 1. The highest BCUT2D eigenvalue weighted by Gasteiger charge is 2.25. The number of ether oxygens (including phenoxy) is 1. The molecule has 1 atom stereocenters. The van der Waals surface area contributed by atoms with Crippen molar-refractivity contribution >= 4 is 5.97 Å². The Morgan fingerprint density at radius 3 is 2.59 bits per heavy atom. The monoisotopic (exact) mass is 242 g/mol. The summed E-state index contributed by atoms with van der Waals surface area (Å²) in [5, 5.41) is 3.21. The molecule has 0 amide bonds. The number of hydrogen-bond donors (Lipinski definition) is 1. The van der Waals surface area contributed by atoms with Gasteiger partial charge in [-0.2, -0.15) is 0 Å². The van der Waals surface area contributed by atoms with Crippen LogP contribution in [-0.4, -0.2) is 49.7 Å². The van der Waals surface area contributed by atoms with E-state index in [4.69, 9.17) is 4.74 Å². The minimum absolute atomic E-state index is 0.126. The van der Waals surface area contributed by atoms with Crippen LogP contribution in [0.1, 0.15) is 39.5 Å². The largest absolute Gasteiger partial charge is 0.465 e. The summed E-state index contributed by atoms with van der Waals surface area (Å²) in [5.41, 5.74) is 0. The van der Waals surface area contributed by atoms with Gasteiger partial charge in [-0.1, -0.05) is 19.8 Å². The maximum absolute atomic E-state index is 11.8. The number of likely N-dealkylation sites (N-methyl/N-ethyl adjacent to an activating group) is 2. The van der Waals surface area contributed by atoms with Crippen LogP contribution in [0.2, 0.25) is 0 Å². The lowest BCUT2D eigenvalue weighted by Crippen LogP contribution is -2.48. The molecule has 0 aromatic heterocycles. The second-order valence-corrected chi connectivity index (χ2v) is 4.74. The van der Waals surface area contributed by atoms with Crippen LogP contribution in [0.25, 0.3) is 0 Å². The molecule has 0 aliphatic heterocycles. The first-order valence-electron chi connectivity index (χ1n) is 6.79. The zero-order valence-corrected chi connectivity index (χ0v) is 11.4. The number of nitrogens with zero attached hydrogens (tertiary/aromatic N) is 1. The van der Waals surface area contributed by atoms with Crippen molar-refractivity contribution < 1.29 is 9.53 Å². The Kier molecular flexibility index (Phi) is 6.52. The summed E-state index contributed by atoms with van der Waals surface area (Å²) < 4.78 is 5.09. The SMILES string of the molecule is CCNC(CN(C)C1CCCC1)C(=O)OCC. The molecule has 0 saturated heterocycles. The van der Waals surface area contributed by atoms with Crippen molar-refractivity contribution in [2.75, 3.05) is 26.7 Å². The molecule has 1 aliphatic rings. The van der Waals surface area contributed by atoms with Crippen molar-refractivity contribution in [3.05, 3.63) is 0 Å². The van der Waals surface area contributed by atoms with Gasteiger partial charge in [0.15, 0.2) is 0 Å². The molecule has 0 spiro atoms. The van der Waals surface area contributed by atoms with Gasteiger partial charge in [0, 0.05) is 12.6 Å². The van der Waals surface area contributed by atoms with E-state index in [0.29, 0.717) is 12.6 Å². The number of esters is 1. The lowest BCUT2D eigenvalue weighted by molar-refractivity contribution is -0.146. The summed E-state index contributed by atoms with van der Waals surface area (Å²) in [4.78, 5) is 14.1. The van der Waals surface area contributed by atoms with Crippen LogP contribution < -0.4 is 5.32 Å². The van der Waals surface area contributed by atoms with Gasteiger partial charge < -0.3 is 15.0 Å². The Bertz CT molecular complexity index is 227. The fraction of sp³-hybridized carbons (Fsp3) is 0.923. The van der Waals surface area contributed by atoms with Gasteiger partial charge >= 0.3 is 5.97 Å². The van der Waals surface area contributed by atoms with E-state index in [1.54, 1.807) is 0 Å². The fourth-order valence-electron chi connectivity index (χ4n) is 2.49. The molecule has 0 bridgehead atoms. The van der Waals surface area contributed by atoms with E-state index in [0.717, 1.165) is 13.1 Å². The van der Waals surface area contributed by atoms with Crippen molar-refractivity contribution in [3.8, 4) is 0 Å². The molecule has 1 saturated carbocycles. The predicted molar refractivity (Wildman–Crippen MR) is 69.0 cm³/mol. The quantitative estimate of drug-likeness (QED) is 0.685. The summed E-state index contributed by atoms with van der Waals surface area (Å²) in [7, 11) is 2.11. The second kappa shape index (κ2) is 7.67. The van der Waals surface area contributed by atoms with E-state index in [1.165, 1.54) is 25.7 Å². The lowest BCUT2D eigenvalue weighted by Gasteiger charge is -2.28. The molecule has 1 N–H and O–H groups in total. The van der Waals surface area contributed by atoms with Gasteiger partial charge in [-0.25, -0.2) is 0 Å². The zero-order valence-electron chi connectivity index (χ0n) is 11.4. The molecule has 0 aromatic rings. The van der Waals surface area contributed by atoms with Crippen molar-refractivity contribution in [1.29, 1.82) is 0 Å². The van der Waals surface area contributed by atoms with Crippen LogP contribution in [0.3, 0.4) is 0 Å². The summed E-state index contributed by atoms with van der Waals surface area (Å²) in [5.74, 6) is -0.126. The average molecular weight is 242 g/mol. The first-order valence-corrected chi connectivity index (χ1v) is 6.79. The molecule has 1 unspecified atom stereocenters. The minimum Gasteiger partial charge on any atom is -0.465 e. The maximum atomic E-state index is 11.8.